The van der Waals surface area contributed by atoms with E-state index in [1.54, 1.807) is 28.8 Å². The first-order valence-electron chi connectivity index (χ1n) is 10.0. The number of benzene rings is 1. The summed E-state index contributed by atoms with van der Waals surface area (Å²) in [5.74, 6) is 0.402. The molecule has 2 aromatic rings. The van der Waals surface area contributed by atoms with Gasteiger partial charge in [-0.05, 0) is 49.1 Å². The standard InChI is InChI=1S/C21H24ClN3O4S/c22-10-2-4-20(26)23-17-6-8-18(9-7-17)30(28,29)24-12-15-11-16(14-24)19-3-1-5-21(27)25(19)13-15/h1,3,5-9,15-16H,2,4,10-14H2,(H,23,26)/t15-,16-/m0/s1. The molecule has 3 heterocycles. The van der Waals surface area contributed by atoms with Crippen molar-refractivity contribution in [3.63, 3.8) is 0 Å². The maximum absolute atomic E-state index is 13.2. The summed E-state index contributed by atoms with van der Waals surface area (Å²) in [5.41, 5.74) is 1.44. The lowest BCUT2D eigenvalue weighted by Gasteiger charge is -2.42. The Labute approximate surface area is 180 Å². The highest BCUT2D eigenvalue weighted by Crippen LogP contribution is 2.37. The first-order chi connectivity index (χ1) is 14.4. The van der Waals surface area contributed by atoms with Gasteiger partial charge in [0, 0.05) is 55.3 Å². The average molecular weight is 450 g/mol. The van der Waals surface area contributed by atoms with E-state index in [4.69, 9.17) is 11.6 Å². The van der Waals surface area contributed by atoms with Crippen LogP contribution in [0.1, 0.15) is 30.9 Å². The molecule has 0 spiro atoms. The van der Waals surface area contributed by atoms with Crippen molar-refractivity contribution in [3.8, 4) is 0 Å². The van der Waals surface area contributed by atoms with Gasteiger partial charge in [-0.2, -0.15) is 4.31 Å². The van der Waals surface area contributed by atoms with E-state index in [1.807, 2.05) is 6.07 Å². The smallest absolute Gasteiger partial charge is 0.250 e. The highest BCUT2D eigenvalue weighted by molar-refractivity contribution is 7.89. The molecule has 0 unspecified atom stereocenters. The number of piperidine rings is 1. The van der Waals surface area contributed by atoms with Gasteiger partial charge in [0.2, 0.25) is 15.9 Å². The van der Waals surface area contributed by atoms with E-state index in [0.29, 0.717) is 44.0 Å². The van der Waals surface area contributed by atoms with E-state index in [1.165, 1.54) is 16.4 Å². The van der Waals surface area contributed by atoms with Crippen LogP contribution in [-0.2, 0) is 21.4 Å². The van der Waals surface area contributed by atoms with Crippen LogP contribution < -0.4 is 10.9 Å². The van der Waals surface area contributed by atoms with Gasteiger partial charge in [-0.15, -0.1) is 11.6 Å². The lowest BCUT2D eigenvalue weighted by atomic mass is 9.84. The van der Waals surface area contributed by atoms with E-state index in [2.05, 4.69) is 5.32 Å². The number of carbonyl (C=O) groups is 1. The molecule has 160 valence electrons. The third kappa shape index (κ3) is 4.17. The van der Waals surface area contributed by atoms with Crippen molar-refractivity contribution in [2.75, 3.05) is 24.3 Å². The second-order valence-corrected chi connectivity index (χ2v) is 10.2. The third-order valence-corrected chi connectivity index (χ3v) is 7.87. The van der Waals surface area contributed by atoms with Crippen molar-refractivity contribution in [2.24, 2.45) is 5.92 Å². The first-order valence-corrected chi connectivity index (χ1v) is 12.0. The maximum Gasteiger partial charge on any atom is 0.250 e. The number of carbonyl (C=O) groups excluding carboxylic acids is 1. The Bertz CT molecular complexity index is 1100. The molecule has 0 radical (unpaired) electrons. The predicted octanol–water partition coefficient (Wildman–Crippen LogP) is 2.61. The van der Waals surface area contributed by atoms with Crippen LogP contribution in [0, 0.1) is 5.92 Å². The summed E-state index contributed by atoms with van der Waals surface area (Å²) < 4.78 is 29.8. The number of pyridine rings is 1. The van der Waals surface area contributed by atoms with Crippen LogP contribution in [0.2, 0.25) is 0 Å². The van der Waals surface area contributed by atoms with Gasteiger partial charge >= 0.3 is 0 Å². The van der Waals surface area contributed by atoms with Crippen molar-refractivity contribution >= 4 is 33.2 Å². The van der Waals surface area contributed by atoms with Crippen LogP contribution in [-0.4, -0.2) is 42.2 Å². The minimum absolute atomic E-state index is 0.0154. The van der Waals surface area contributed by atoms with E-state index in [0.717, 1.165) is 12.1 Å². The highest BCUT2D eigenvalue weighted by atomic mass is 35.5. The van der Waals surface area contributed by atoms with Gasteiger partial charge in [0.25, 0.3) is 5.56 Å². The topological polar surface area (TPSA) is 88.5 Å². The predicted molar refractivity (Wildman–Crippen MR) is 115 cm³/mol. The lowest BCUT2D eigenvalue weighted by Crippen LogP contribution is -2.48. The Hall–Kier alpha value is -2.16. The van der Waals surface area contributed by atoms with Crippen molar-refractivity contribution in [2.45, 2.75) is 36.6 Å². The average Bonchev–Trinajstić information content (AvgIpc) is 2.73. The molecular formula is C21H24ClN3O4S. The zero-order valence-electron chi connectivity index (χ0n) is 16.5. The fourth-order valence-electron chi connectivity index (χ4n) is 4.36. The summed E-state index contributed by atoms with van der Waals surface area (Å²) in [5, 5.41) is 2.75. The zero-order chi connectivity index (χ0) is 21.3. The Morgan fingerprint density at radius 2 is 1.87 bits per heavy atom. The third-order valence-electron chi connectivity index (χ3n) is 5.76. The number of anilines is 1. The van der Waals surface area contributed by atoms with E-state index >= 15 is 0 Å². The molecule has 1 aromatic carbocycles. The summed E-state index contributed by atoms with van der Waals surface area (Å²) in [4.78, 5) is 24.2. The number of aromatic nitrogens is 1. The van der Waals surface area contributed by atoms with Crippen LogP contribution in [0.25, 0.3) is 0 Å². The monoisotopic (exact) mass is 449 g/mol. The molecule has 2 aliphatic rings. The van der Waals surface area contributed by atoms with E-state index < -0.39 is 10.0 Å². The van der Waals surface area contributed by atoms with E-state index in [9.17, 15) is 18.0 Å². The molecule has 0 saturated carbocycles. The highest BCUT2D eigenvalue weighted by Gasteiger charge is 2.39. The fourth-order valence-corrected chi connectivity index (χ4v) is 6.05. The van der Waals surface area contributed by atoms with Gasteiger partial charge in [-0.3, -0.25) is 9.59 Å². The quantitative estimate of drug-likeness (QED) is 0.686. The SMILES string of the molecule is O=C(CCCCl)Nc1ccc(S(=O)(=O)N2C[C@@H]3C[C@@H](C2)c2cccc(=O)n2C3)cc1. The minimum Gasteiger partial charge on any atom is -0.326 e. The second kappa shape index (κ2) is 8.53. The molecule has 1 fully saturated rings. The molecule has 2 bridgehead atoms. The Morgan fingerprint density at radius 1 is 1.10 bits per heavy atom. The van der Waals surface area contributed by atoms with Crippen molar-refractivity contribution in [1.29, 1.82) is 0 Å². The Kier molecular flexibility index (Phi) is 5.99. The van der Waals surface area contributed by atoms with Crippen LogP contribution in [0.4, 0.5) is 5.69 Å². The number of halogens is 1. The van der Waals surface area contributed by atoms with Gasteiger partial charge in [-0.1, -0.05) is 6.07 Å². The molecular weight excluding hydrogens is 426 g/mol. The lowest BCUT2D eigenvalue weighted by molar-refractivity contribution is -0.116. The number of rotatable bonds is 6. The van der Waals surface area contributed by atoms with Crippen LogP contribution >= 0.6 is 11.6 Å². The summed E-state index contributed by atoms with van der Waals surface area (Å²) in [6.45, 7) is 1.31. The number of amides is 1. The molecule has 1 saturated heterocycles. The van der Waals surface area contributed by atoms with Crippen molar-refractivity contribution in [1.82, 2.24) is 8.87 Å². The molecule has 0 aliphatic carbocycles. The number of alkyl halides is 1. The van der Waals surface area contributed by atoms with Gasteiger partial charge in [0.1, 0.15) is 0 Å². The first kappa shape index (κ1) is 21.1. The van der Waals surface area contributed by atoms with E-state index in [-0.39, 0.29) is 28.2 Å². The second-order valence-electron chi connectivity index (χ2n) is 7.89. The molecule has 30 heavy (non-hydrogen) atoms. The number of hydrogen-bond donors (Lipinski definition) is 1. The normalized spacial score (nSPS) is 21.1. The maximum atomic E-state index is 13.2. The number of hydrogen-bond acceptors (Lipinski definition) is 4. The Balaban J connectivity index is 1.51. The minimum atomic E-state index is -3.66. The molecule has 2 aliphatic heterocycles. The largest absolute Gasteiger partial charge is 0.326 e. The fraction of sp³-hybridized carbons (Fsp3) is 0.429. The van der Waals surface area contributed by atoms with Gasteiger partial charge in [-0.25, -0.2) is 8.42 Å². The van der Waals surface area contributed by atoms with Crippen LogP contribution in [0.5, 0.6) is 0 Å². The molecule has 9 heteroatoms. The molecule has 4 rings (SSSR count). The molecule has 2 atom stereocenters. The van der Waals surface area contributed by atoms with Gasteiger partial charge in [0.05, 0.1) is 4.90 Å². The number of sulfonamides is 1. The summed E-state index contributed by atoms with van der Waals surface area (Å²) in [6.07, 6.45) is 1.81. The van der Waals surface area contributed by atoms with Gasteiger partial charge in [0.15, 0.2) is 0 Å². The number of fused-ring (bicyclic) bond motifs is 4. The summed E-state index contributed by atoms with van der Waals surface area (Å²) >= 11 is 5.60. The zero-order valence-corrected chi connectivity index (χ0v) is 18.0. The number of nitrogens with zero attached hydrogens (tertiary/aromatic N) is 2. The van der Waals surface area contributed by atoms with Crippen LogP contribution in [0.15, 0.2) is 52.2 Å². The summed E-state index contributed by atoms with van der Waals surface area (Å²) in [7, 11) is -3.66. The van der Waals surface area contributed by atoms with Crippen molar-refractivity contribution < 1.29 is 13.2 Å². The summed E-state index contributed by atoms with van der Waals surface area (Å²) in [6, 6.07) is 11.5. The van der Waals surface area contributed by atoms with Crippen LogP contribution in [0.3, 0.4) is 0 Å². The molecule has 1 N–H and O–H groups in total. The Morgan fingerprint density at radius 3 is 2.60 bits per heavy atom. The molecule has 7 nitrogen and oxygen atoms in total. The number of nitrogens with one attached hydrogen (secondary N) is 1. The van der Waals surface area contributed by atoms with Gasteiger partial charge < -0.3 is 9.88 Å². The molecule has 1 aromatic heterocycles. The molecule has 1 amide bonds. The van der Waals surface area contributed by atoms with Crippen molar-refractivity contribution in [3.05, 3.63) is 58.5 Å².